The average molecular weight is 384 g/mol. The molecule has 2 aromatic carbocycles. The fraction of sp³-hybridized carbons (Fsp3) is 0.364. The third-order valence-electron chi connectivity index (χ3n) is 4.28. The quantitative estimate of drug-likeness (QED) is 0.315. The number of para-hydroxylation sites is 2. The number of rotatable bonds is 11. The molecule has 0 unspecified atom stereocenters. The van der Waals surface area contributed by atoms with Gasteiger partial charge in [-0.25, -0.2) is 0 Å². The van der Waals surface area contributed by atoms with E-state index in [0.717, 1.165) is 30.6 Å². The van der Waals surface area contributed by atoms with Gasteiger partial charge in [-0.05, 0) is 36.8 Å². The highest BCUT2D eigenvalue weighted by Crippen LogP contribution is 2.41. The Morgan fingerprint density at radius 2 is 1.15 bits per heavy atom. The molecule has 2 aromatic rings. The summed E-state index contributed by atoms with van der Waals surface area (Å²) in [5.41, 5.74) is 1.09. The van der Waals surface area contributed by atoms with Crippen molar-refractivity contribution in [2.24, 2.45) is 0 Å². The number of hydrogen-bond acceptors (Lipinski definition) is 2. The molecule has 144 valence electrons. The van der Waals surface area contributed by atoms with Crippen LogP contribution in [0, 0.1) is 0 Å². The van der Waals surface area contributed by atoms with Gasteiger partial charge in [0.15, 0.2) is 0 Å². The van der Waals surface area contributed by atoms with Crippen LogP contribution in [-0.4, -0.2) is 17.5 Å². The van der Waals surface area contributed by atoms with E-state index in [-0.39, 0.29) is 11.3 Å². The molecule has 0 bridgehead atoms. The summed E-state index contributed by atoms with van der Waals surface area (Å²) in [4.78, 5) is 25.5. The second-order valence-electron chi connectivity index (χ2n) is 6.51. The number of carbonyl (C=O) groups is 2. The molecule has 27 heavy (non-hydrogen) atoms. The van der Waals surface area contributed by atoms with Crippen molar-refractivity contribution in [2.75, 3.05) is 16.8 Å². The molecule has 4 nitrogen and oxygen atoms in total. The first kappa shape index (κ1) is 21.1. The normalized spacial score (nSPS) is 10.6. The number of hydrogen-bond donors (Lipinski definition) is 2. The second kappa shape index (κ2) is 12.2. The molecule has 0 atom stereocenters. The number of nitrogens with one attached hydrogen (secondary N) is 2. The molecular formula is C22H29N2O2P. The summed E-state index contributed by atoms with van der Waals surface area (Å²) >= 11 is 0. The molecule has 0 aromatic heterocycles. The predicted molar refractivity (Wildman–Crippen MR) is 116 cm³/mol. The van der Waals surface area contributed by atoms with Crippen molar-refractivity contribution in [1.29, 1.82) is 0 Å². The van der Waals surface area contributed by atoms with E-state index in [2.05, 4.69) is 17.6 Å². The van der Waals surface area contributed by atoms with Crippen LogP contribution in [0.4, 0.5) is 21.0 Å². The second-order valence-corrected chi connectivity index (χ2v) is 8.63. The Balaban J connectivity index is 1.96. The molecule has 0 spiro atoms. The van der Waals surface area contributed by atoms with Gasteiger partial charge in [0.25, 0.3) is 11.3 Å². The molecule has 5 heteroatoms. The number of benzene rings is 2. The molecule has 2 amide bonds. The molecular weight excluding hydrogens is 355 g/mol. The van der Waals surface area contributed by atoms with Crippen molar-refractivity contribution in [3.63, 3.8) is 0 Å². The smallest absolute Gasteiger partial charge is 0.255 e. The van der Waals surface area contributed by atoms with Crippen LogP contribution in [0.5, 0.6) is 0 Å². The van der Waals surface area contributed by atoms with Crippen LogP contribution in [-0.2, 0) is 0 Å². The summed E-state index contributed by atoms with van der Waals surface area (Å²) in [5, 5.41) is 5.80. The van der Waals surface area contributed by atoms with Crippen LogP contribution < -0.4 is 10.6 Å². The zero-order chi connectivity index (χ0) is 19.3. The van der Waals surface area contributed by atoms with Crippen LogP contribution in [0.1, 0.15) is 45.4 Å². The molecule has 0 aliphatic carbocycles. The highest BCUT2D eigenvalue weighted by Gasteiger charge is 2.26. The monoisotopic (exact) mass is 384 g/mol. The van der Waals surface area contributed by atoms with Crippen LogP contribution >= 0.6 is 7.92 Å². The highest BCUT2D eigenvalue weighted by molar-refractivity contribution is 7.89. The molecule has 0 radical (unpaired) electrons. The van der Waals surface area contributed by atoms with Crippen molar-refractivity contribution in [1.82, 2.24) is 0 Å². The molecule has 0 saturated heterocycles. The summed E-state index contributed by atoms with van der Waals surface area (Å²) in [6, 6.07) is 18.6. The number of carbonyl (C=O) groups excluding carboxylic acids is 2. The first-order chi connectivity index (χ1) is 13.2. The van der Waals surface area contributed by atoms with E-state index in [1.807, 2.05) is 60.7 Å². The van der Waals surface area contributed by atoms with E-state index in [9.17, 15) is 9.59 Å². The Kier molecular flexibility index (Phi) is 9.57. The largest absolute Gasteiger partial charge is 0.322 e. The molecule has 2 N–H and O–H groups in total. The van der Waals surface area contributed by atoms with Crippen molar-refractivity contribution in [3.05, 3.63) is 60.7 Å². The Bertz CT molecular complexity index is 638. The summed E-state index contributed by atoms with van der Waals surface area (Å²) < 4.78 is 0. The van der Waals surface area contributed by atoms with E-state index in [1.165, 1.54) is 19.3 Å². The summed E-state index contributed by atoms with van der Waals surface area (Å²) in [6.07, 6.45) is 7.44. The zero-order valence-electron chi connectivity index (χ0n) is 16.0. The van der Waals surface area contributed by atoms with Crippen molar-refractivity contribution in [2.45, 2.75) is 45.4 Å². The van der Waals surface area contributed by atoms with Gasteiger partial charge in [-0.3, -0.25) is 9.59 Å². The maximum Gasteiger partial charge on any atom is 0.255 e. The van der Waals surface area contributed by atoms with Gasteiger partial charge >= 0.3 is 0 Å². The topological polar surface area (TPSA) is 58.2 Å². The van der Waals surface area contributed by atoms with Gasteiger partial charge < -0.3 is 10.6 Å². The molecule has 0 aliphatic heterocycles. The predicted octanol–water partition coefficient (Wildman–Crippen LogP) is 7.29. The third-order valence-corrected chi connectivity index (χ3v) is 6.24. The lowest BCUT2D eigenvalue weighted by molar-refractivity contribution is 0.265. The first-order valence-corrected chi connectivity index (χ1v) is 11.2. The van der Waals surface area contributed by atoms with Crippen LogP contribution in [0.15, 0.2) is 60.7 Å². The fourth-order valence-electron chi connectivity index (χ4n) is 2.77. The fourth-order valence-corrected chi connectivity index (χ4v) is 4.43. The van der Waals surface area contributed by atoms with Crippen LogP contribution in [0.25, 0.3) is 0 Å². The first-order valence-electron chi connectivity index (χ1n) is 9.70. The lowest BCUT2D eigenvalue weighted by Gasteiger charge is -2.17. The van der Waals surface area contributed by atoms with Gasteiger partial charge in [0, 0.05) is 11.4 Å². The molecule has 0 saturated carbocycles. The standard InChI is InChI=1S/C22H29N2O2P/c1-2-3-4-5-6-13-18-27(21(25)23-19-14-9-7-10-15-19)22(26)24-20-16-11-8-12-17-20/h7-12,14-17H,2-6,13,18H2,1H3,(H,23,25)(H,24,26). The average Bonchev–Trinajstić information content (AvgIpc) is 2.68. The van der Waals surface area contributed by atoms with E-state index >= 15 is 0 Å². The van der Waals surface area contributed by atoms with Crippen LogP contribution in [0.3, 0.4) is 0 Å². The van der Waals surface area contributed by atoms with Crippen molar-refractivity contribution in [3.8, 4) is 0 Å². The van der Waals surface area contributed by atoms with E-state index in [1.54, 1.807) is 0 Å². The van der Waals surface area contributed by atoms with Gasteiger partial charge in [0.05, 0.1) is 7.92 Å². The SMILES string of the molecule is CCCCCCCCP(C(=O)Nc1ccccc1)C(=O)Nc1ccccc1. The minimum absolute atomic E-state index is 0.182. The number of unbranched alkanes of at least 4 members (excludes halogenated alkanes) is 5. The van der Waals surface area contributed by atoms with Crippen molar-refractivity contribution >= 4 is 30.6 Å². The molecule has 0 heterocycles. The van der Waals surface area contributed by atoms with Gasteiger partial charge in [0.1, 0.15) is 0 Å². The minimum atomic E-state index is -1.45. The third kappa shape index (κ3) is 7.92. The number of anilines is 2. The van der Waals surface area contributed by atoms with E-state index < -0.39 is 7.92 Å². The highest BCUT2D eigenvalue weighted by atomic mass is 31.1. The molecule has 2 rings (SSSR count). The Hall–Kier alpha value is -2.19. The van der Waals surface area contributed by atoms with Gasteiger partial charge in [-0.2, -0.15) is 0 Å². The Labute approximate surface area is 163 Å². The van der Waals surface area contributed by atoms with Crippen LogP contribution in [0.2, 0.25) is 0 Å². The minimum Gasteiger partial charge on any atom is -0.322 e. The zero-order valence-corrected chi connectivity index (χ0v) is 16.9. The van der Waals surface area contributed by atoms with E-state index in [4.69, 9.17) is 0 Å². The summed E-state index contributed by atoms with van der Waals surface area (Å²) in [7, 11) is -1.45. The summed E-state index contributed by atoms with van der Waals surface area (Å²) in [5.74, 6) is 0. The summed E-state index contributed by atoms with van der Waals surface area (Å²) in [6.45, 7) is 2.20. The van der Waals surface area contributed by atoms with Crippen molar-refractivity contribution < 1.29 is 9.59 Å². The maximum atomic E-state index is 12.8. The maximum absolute atomic E-state index is 12.8. The Morgan fingerprint density at radius 3 is 1.63 bits per heavy atom. The van der Waals surface area contributed by atoms with Gasteiger partial charge in [-0.1, -0.05) is 75.4 Å². The van der Waals surface area contributed by atoms with Gasteiger partial charge in [0.2, 0.25) is 0 Å². The Morgan fingerprint density at radius 1 is 0.704 bits per heavy atom. The van der Waals surface area contributed by atoms with E-state index in [0.29, 0.717) is 6.16 Å². The molecule has 0 aliphatic rings. The number of amides is 2. The lowest BCUT2D eigenvalue weighted by Crippen LogP contribution is -2.18. The van der Waals surface area contributed by atoms with Gasteiger partial charge in [-0.15, -0.1) is 0 Å². The molecule has 0 fully saturated rings. The lowest BCUT2D eigenvalue weighted by atomic mass is 10.1.